The fourth-order valence-electron chi connectivity index (χ4n) is 3.63. The Hall–Kier alpha value is -2.36. The van der Waals surface area contributed by atoms with Crippen LogP contribution in [0.5, 0.6) is 0 Å². The van der Waals surface area contributed by atoms with E-state index in [9.17, 15) is 27.2 Å². The zero-order valence-corrected chi connectivity index (χ0v) is 17.0. The SMILES string of the molecule is CC(C)(C)OC(=O)N1CC[C@@H](C(=O)N2OCCC2c2cc(F)cc(F)c2F)[C@H](F)C1. The minimum Gasteiger partial charge on any atom is -0.444 e. The van der Waals surface area contributed by atoms with E-state index in [0.29, 0.717) is 6.07 Å². The Morgan fingerprint density at radius 2 is 1.87 bits per heavy atom. The molecule has 2 saturated heterocycles. The Bertz CT molecular complexity index is 830. The van der Waals surface area contributed by atoms with Crippen molar-refractivity contribution in [2.75, 3.05) is 19.7 Å². The average molecular weight is 432 g/mol. The highest BCUT2D eigenvalue weighted by Gasteiger charge is 2.43. The third-order valence-electron chi connectivity index (χ3n) is 5.01. The summed E-state index contributed by atoms with van der Waals surface area (Å²) >= 11 is 0. The van der Waals surface area contributed by atoms with Crippen LogP contribution in [0.15, 0.2) is 12.1 Å². The van der Waals surface area contributed by atoms with E-state index in [1.54, 1.807) is 20.8 Å². The molecular formula is C20H24F4N2O4. The first-order valence-corrected chi connectivity index (χ1v) is 9.70. The molecule has 2 aliphatic heterocycles. The van der Waals surface area contributed by atoms with Gasteiger partial charge in [-0.05, 0) is 33.3 Å². The Kier molecular flexibility index (Phi) is 6.26. The number of hydroxylamine groups is 2. The van der Waals surface area contributed by atoms with Gasteiger partial charge in [0, 0.05) is 24.6 Å². The third kappa shape index (κ3) is 4.69. The number of halogens is 4. The van der Waals surface area contributed by atoms with Crippen molar-refractivity contribution < 1.29 is 36.7 Å². The number of hydrogen-bond acceptors (Lipinski definition) is 4. The van der Waals surface area contributed by atoms with E-state index in [0.717, 1.165) is 11.1 Å². The Labute approximate surface area is 171 Å². The van der Waals surface area contributed by atoms with E-state index in [1.807, 2.05) is 0 Å². The molecule has 1 aromatic rings. The number of carbonyl (C=O) groups excluding carboxylic acids is 2. The number of amides is 2. The molecule has 6 nitrogen and oxygen atoms in total. The number of piperidine rings is 1. The van der Waals surface area contributed by atoms with Crippen LogP contribution >= 0.6 is 0 Å². The summed E-state index contributed by atoms with van der Waals surface area (Å²) in [4.78, 5) is 31.5. The number of rotatable bonds is 2. The van der Waals surface area contributed by atoms with E-state index in [1.165, 1.54) is 4.90 Å². The number of ether oxygens (including phenoxy) is 1. The number of nitrogens with zero attached hydrogens (tertiary/aromatic N) is 2. The van der Waals surface area contributed by atoms with Crippen molar-refractivity contribution in [1.29, 1.82) is 0 Å². The molecule has 2 amide bonds. The normalized spacial score (nSPS) is 24.8. The third-order valence-corrected chi connectivity index (χ3v) is 5.01. The van der Waals surface area contributed by atoms with Crippen molar-refractivity contribution in [2.45, 2.75) is 51.4 Å². The second kappa shape index (κ2) is 8.41. The maximum Gasteiger partial charge on any atom is 0.410 e. The summed E-state index contributed by atoms with van der Waals surface area (Å²) in [6.07, 6.45) is -2.26. The van der Waals surface area contributed by atoms with Crippen LogP contribution in [0.2, 0.25) is 0 Å². The Morgan fingerprint density at radius 3 is 2.50 bits per heavy atom. The molecule has 1 aromatic carbocycles. The molecule has 10 heteroatoms. The van der Waals surface area contributed by atoms with Crippen molar-refractivity contribution in [1.82, 2.24) is 9.96 Å². The fourth-order valence-corrected chi connectivity index (χ4v) is 3.63. The van der Waals surface area contributed by atoms with E-state index in [2.05, 4.69) is 0 Å². The van der Waals surface area contributed by atoms with Crippen LogP contribution in [0.4, 0.5) is 22.4 Å². The monoisotopic (exact) mass is 432 g/mol. The molecule has 166 valence electrons. The standard InChI is InChI=1S/C20H24F4N2O4/c1-20(2,3)30-19(28)25-6-4-12(15(23)10-25)18(27)26-16(5-7-29-26)13-8-11(21)9-14(22)17(13)24/h8-9,12,15-16H,4-7,10H2,1-3H3/t12-,15-,16?/m1/s1. The molecule has 2 aliphatic rings. The first kappa shape index (κ1) is 22.3. The molecule has 1 unspecified atom stereocenters. The van der Waals surface area contributed by atoms with Gasteiger partial charge < -0.3 is 9.64 Å². The van der Waals surface area contributed by atoms with Gasteiger partial charge in [-0.2, -0.15) is 0 Å². The summed E-state index contributed by atoms with van der Waals surface area (Å²) in [5.74, 6) is -5.53. The summed E-state index contributed by atoms with van der Waals surface area (Å²) in [6, 6.07) is 0.139. The molecular weight excluding hydrogens is 408 g/mol. The lowest BCUT2D eigenvalue weighted by molar-refractivity contribution is -0.185. The van der Waals surface area contributed by atoms with Crippen molar-refractivity contribution in [3.05, 3.63) is 35.1 Å². The van der Waals surface area contributed by atoms with Gasteiger partial charge in [0.1, 0.15) is 17.6 Å². The van der Waals surface area contributed by atoms with Crippen LogP contribution in [0.1, 0.15) is 45.2 Å². The minimum atomic E-state index is -1.70. The first-order chi connectivity index (χ1) is 14.0. The van der Waals surface area contributed by atoms with Crippen LogP contribution in [0, 0.1) is 23.4 Å². The maximum atomic E-state index is 14.8. The highest BCUT2D eigenvalue weighted by molar-refractivity contribution is 5.80. The van der Waals surface area contributed by atoms with Gasteiger partial charge in [0.15, 0.2) is 11.6 Å². The number of alkyl halides is 1. The van der Waals surface area contributed by atoms with Crippen LogP contribution in [-0.4, -0.2) is 53.4 Å². The Balaban J connectivity index is 1.72. The highest BCUT2D eigenvalue weighted by atomic mass is 19.2. The summed E-state index contributed by atoms with van der Waals surface area (Å²) in [6.45, 7) is 4.83. The van der Waals surface area contributed by atoms with Gasteiger partial charge in [0.05, 0.1) is 25.1 Å². The maximum absolute atomic E-state index is 14.8. The molecule has 0 aliphatic carbocycles. The molecule has 0 bridgehead atoms. The second-order valence-electron chi connectivity index (χ2n) is 8.43. The molecule has 0 spiro atoms. The van der Waals surface area contributed by atoms with E-state index < -0.39 is 53.2 Å². The van der Waals surface area contributed by atoms with Crippen molar-refractivity contribution >= 4 is 12.0 Å². The number of carbonyl (C=O) groups is 2. The minimum absolute atomic E-state index is 0.00577. The van der Waals surface area contributed by atoms with E-state index >= 15 is 0 Å². The fraction of sp³-hybridized carbons (Fsp3) is 0.600. The van der Waals surface area contributed by atoms with Gasteiger partial charge in [-0.1, -0.05) is 0 Å². The molecule has 0 radical (unpaired) electrons. The summed E-state index contributed by atoms with van der Waals surface area (Å²) in [5.41, 5.74) is -1.10. The summed E-state index contributed by atoms with van der Waals surface area (Å²) < 4.78 is 61.4. The predicted octanol–water partition coefficient (Wildman–Crippen LogP) is 3.90. The zero-order valence-electron chi connectivity index (χ0n) is 17.0. The van der Waals surface area contributed by atoms with Gasteiger partial charge in [0.25, 0.3) is 5.91 Å². The number of hydrogen-bond donors (Lipinski definition) is 0. The lowest BCUT2D eigenvalue weighted by atomic mass is 9.93. The number of likely N-dealkylation sites (tertiary alicyclic amines) is 1. The van der Waals surface area contributed by atoms with Crippen LogP contribution in [0.25, 0.3) is 0 Å². The molecule has 3 rings (SSSR count). The van der Waals surface area contributed by atoms with Crippen LogP contribution in [-0.2, 0) is 14.4 Å². The van der Waals surface area contributed by atoms with Gasteiger partial charge in [-0.3, -0.25) is 9.63 Å². The van der Waals surface area contributed by atoms with Crippen molar-refractivity contribution in [3.63, 3.8) is 0 Å². The second-order valence-corrected chi connectivity index (χ2v) is 8.43. The largest absolute Gasteiger partial charge is 0.444 e. The zero-order chi connectivity index (χ0) is 22.2. The lowest BCUT2D eigenvalue weighted by Gasteiger charge is -2.36. The molecule has 30 heavy (non-hydrogen) atoms. The molecule has 3 atom stereocenters. The Morgan fingerprint density at radius 1 is 1.17 bits per heavy atom. The topological polar surface area (TPSA) is 59.1 Å². The first-order valence-electron chi connectivity index (χ1n) is 9.70. The van der Waals surface area contributed by atoms with Gasteiger partial charge >= 0.3 is 6.09 Å². The van der Waals surface area contributed by atoms with Gasteiger partial charge in [-0.15, -0.1) is 0 Å². The van der Waals surface area contributed by atoms with Crippen LogP contribution in [0.3, 0.4) is 0 Å². The van der Waals surface area contributed by atoms with E-state index in [-0.39, 0.29) is 38.1 Å². The average Bonchev–Trinajstić information content (AvgIpc) is 3.12. The van der Waals surface area contributed by atoms with Gasteiger partial charge in [0.2, 0.25) is 0 Å². The molecule has 0 N–H and O–H groups in total. The van der Waals surface area contributed by atoms with Gasteiger partial charge in [-0.25, -0.2) is 27.4 Å². The van der Waals surface area contributed by atoms with E-state index in [4.69, 9.17) is 9.57 Å². The lowest BCUT2D eigenvalue weighted by Crippen LogP contribution is -2.51. The molecule has 2 heterocycles. The van der Waals surface area contributed by atoms with Crippen molar-refractivity contribution in [2.24, 2.45) is 5.92 Å². The molecule has 2 fully saturated rings. The highest BCUT2D eigenvalue weighted by Crippen LogP contribution is 2.36. The molecule has 0 aromatic heterocycles. The van der Waals surface area contributed by atoms with Crippen molar-refractivity contribution in [3.8, 4) is 0 Å². The quantitative estimate of drug-likeness (QED) is 0.525. The number of benzene rings is 1. The van der Waals surface area contributed by atoms with Crippen LogP contribution < -0.4 is 0 Å². The summed E-state index contributed by atoms with van der Waals surface area (Å²) in [5, 5.41) is 0.803. The predicted molar refractivity (Wildman–Crippen MR) is 97.3 cm³/mol. The smallest absolute Gasteiger partial charge is 0.410 e. The molecule has 0 saturated carbocycles. The summed E-state index contributed by atoms with van der Waals surface area (Å²) in [7, 11) is 0.